The quantitative estimate of drug-likeness (QED) is 0.723. The predicted octanol–water partition coefficient (Wildman–Crippen LogP) is 3.70. The van der Waals surface area contributed by atoms with Crippen LogP contribution in [0.25, 0.3) is 0 Å². The SMILES string of the molecule is C[C@H](NC(=O)NCc1ccccc1S(=O)(=O)N1CCCCC1)c1ccc(F)c(F)c1. The highest BCUT2D eigenvalue weighted by Gasteiger charge is 2.28. The Morgan fingerprint density at radius 1 is 1.07 bits per heavy atom. The zero-order chi connectivity index (χ0) is 21.7. The average molecular weight is 438 g/mol. The molecular formula is C21H25F2N3O3S. The lowest BCUT2D eigenvalue weighted by atomic mass is 10.1. The minimum atomic E-state index is -3.63. The van der Waals surface area contributed by atoms with Gasteiger partial charge in [-0.05, 0) is 49.1 Å². The highest BCUT2D eigenvalue weighted by atomic mass is 32.2. The third-order valence-corrected chi connectivity index (χ3v) is 7.14. The smallest absolute Gasteiger partial charge is 0.315 e. The highest BCUT2D eigenvalue weighted by Crippen LogP contribution is 2.23. The van der Waals surface area contributed by atoms with Crippen molar-refractivity contribution in [1.82, 2.24) is 14.9 Å². The van der Waals surface area contributed by atoms with Gasteiger partial charge in [-0.25, -0.2) is 22.0 Å². The molecule has 1 fully saturated rings. The zero-order valence-corrected chi connectivity index (χ0v) is 17.5. The Labute approximate surface area is 175 Å². The van der Waals surface area contributed by atoms with Crippen molar-refractivity contribution in [3.63, 3.8) is 0 Å². The van der Waals surface area contributed by atoms with E-state index in [0.717, 1.165) is 31.4 Å². The van der Waals surface area contributed by atoms with Gasteiger partial charge in [0.25, 0.3) is 0 Å². The maximum atomic E-state index is 13.4. The summed E-state index contributed by atoms with van der Waals surface area (Å²) in [4.78, 5) is 12.4. The molecular weight excluding hydrogens is 412 g/mol. The molecule has 1 aliphatic rings. The Morgan fingerprint density at radius 3 is 2.47 bits per heavy atom. The summed E-state index contributed by atoms with van der Waals surface area (Å²) in [5.41, 5.74) is 0.899. The zero-order valence-electron chi connectivity index (χ0n) is 16.7. The van der Waals surface area contributed by atoms with Gasteiger partial charge in [0.15, 0.2) is 11.6 Å². The lowest BCUT2D eigenvalue weighted by Gasteiger charge is -2.27. The lowest BCUT2D eigenvalue weighted by molar-refractivity contribution is 0.237. The van der Waals surface area contributed by atoms with Gasteiger partial charge in [-0.2, -0.15) is 4.31 Å². The molecule has 2 aromatic carbocycles. The summed E-state index contributed by atoms with van der Waals surface area (Å²) in [6, 6.07) is 8.90. The number of carbonyl (C=O) groups is 1. The Morgan fingerprint density at radius 2 is 1.77 bits per heavy atom. The van der Waals surface area contributed by atoms with Crippen LogP contribution in [0.1, 0.15) is 43.4 Å². The van der Waals surface area contributed by atoms with E-state index in [2.05, 4.69) is 10.6 Å². The number of amides is 2. The van der Waals surface area contributed by atoms with Crippen LogP contribution in [0.4, 0.5) is 13.6 Å². The minimum Gasteiger partial charge on any atom is -0.334 e. The summed E-state index contributed by atoms with van der Waals surface area (Å²) in [6.45, 7) is 2.65. The Kier molecular flexibility index (Phi) is 7.04. The summed E-state index contributed by atoms with van der Waals surface area (Å²) in [7, 11) is -3.63. The maximum absolute atomic E-state index is 13.4. The molecule has 0 saturated carbocycles. The third kappa shape index (κ3) is 5.14. The standard InChI is InChI=1S/C21H25F2N3O3S/c1-15(16-9-10-18(22)19(23)13-16)25-21(27)24-14-17-7-3-4-8-20(17)30(28,29)26-11-5-2-6-12-26/h3-4,7-10,13,15H,2,5-6,11-12,14H2,1H3,(H2,24,25,27)/t15-/m0/s1. The van der Waals surface area contributed by atoms with Gasteiger partial charge < -0.3 is 10.6 Å². The lowest BCUT2D eigenvalue weighted by Crippen LogP contribution is -2.38. The number of hydrogen-bond acceptors (Lipinski definition) is 3. The fraction of sp³-hybridized carbons (Fsp3) is 0.381. The first-order chi connectivity index (χ1) is 14.3. The number of urea groups is 1. The van der Waals surface area contributed by atoms with Gasteiger partial charge in [-0.3, -0.25) is 0 Å². The number of nitrogens with one attached hydrogen (secondary N) is 2. The molecule has 6 nitrogen and oxygen atoms in total. The van der Waals surface area contributed by atoms with Crippen molar-refractivity contribution in [2.45, 2.75) is 43.7 Å². The Bertz CT molecular complexity index is 1010. The summed E-state index contributed by atoms with van der Waals surface area (Å²) in [5, 5.41) is 5.28. The van der Waals surface area contributed by atoms with Gasteiger partial charge in [0.05, 0.1) is 10.9 Å². The number of nitrogens with zero attached hydrogens (tertiary/aromatic N) is 1. The van der Waals surface area contributed by atoms with Crippen molar-refractivity contribution in [2.24, 2.45) is 0 Å². The molecule has 3 rings (SSSR count). The second-order valence-corrected chi connectivity index (χ2v) is 9.20. The van der Waals surface area contributed by atoms with Gasteiger partial charge in [0.1, 0.15) is 0 Å². The molecule has 0 aromatic heterocycles. The molecule has 0 radical (unpaired) electrons. The molecule has 1 aliphatic heterocycles. The Hall–Kier alpha value is -2.52. The van der Waals surface area contributed by atoms with Crippen LogP contribution in [0.5, 0.6) is 0 Å². The van der Waals surface area contributed by atoms with E-state index in [1.807, 2.05) is 0 Å². The van der Waals surface area contributed by atoms with Gasteiger partial charge in [0.2, 0.25) is 10.0 Å². The van der Waals surface area contributed by atoms with Gasteiger partial charge in [-0.1, -0.05) is 30.7 Å². The summed E-state index contributed by atoms with van der Waals surface area (Å²) in [5.74, 6) is -1.94. The largest absolute Gasteiger partial charge is 0.334 e. The summed E-state index contributed by atoms with van der Waals surface area (Å²) < 4.78 is 54.0. The molecule has 1 atom stereocenters. The normalized spacial score (nSPS) is 16.1. The van der Waals surface area contributed by atoms with Crippen LogP contribution in [-0.4, -0.2) is 31.8 Å². The van der Waals surface area contributed by atoms with Crippen molar-refractivity contribution < 1.29 is 22.0 Å². The molecule has 0 spiro atoms. The molecule has 1 saturated heterocycles. The molecule has 0 bridgehead atoms. The minimum absolute atomic E-state index is 0.0135. The number of hydrogen-bond donors (Lipinski definition) is 2. The van der Waals surface area contributed by atoms with E-state index in [1.165, 1.54) is 10.4 Å². The van der Waals surface area contributed by atoms with E-state index in [9.17, 15) is 22.0 Å². The molecule has 9 heteroatoms. The van der Waals surface area contributed by atoms with E-state index in [0.29, 0.717) is 24.2 Å². The molecule has 2 N–H and O–H groups in total. The summed E-state index contributed by atoms with van der Waals surface area (Å²) >= 11 is 0. The van der Waals surface area contributed by atoms with Crippen LogP contribution in [-0.2, 0) is 16.6 Å². The van der Waals surface area contributed by atoms with Crippen LogP contribution in [0.3, 0.4) is 0 Å². The third-order valence-electron chi connectivity index (χ3n) is 5.14. The predicted molar refractivity (Wildman–Crippen MR) is 109 cm³/mol. The van der Waals surface area contributed by atoms with Crippen LogP contribution in [0.15, 0.2) is 47.4 Å². The average Bonchev–Trinajstić information content (AvgIpc) is 2.75. The van der Waals surface area contributed by atoms with E-state index in [4.69, 9.17) is 0 Å². The molecule has 2 aromatic rings. The van der Waals surface area contributed by atoms with Gasteiger partial charge >= 0.3 is 6.03 Å². The monoisotopic (exact) mass is 437 g/mol. The topological polar surface area (TPSA) is 78.5 Å². The fourth-order valence-corrected chi connectivity index (χ4v) is 5.17. The molecule has 2 amide bonds. The first-order valence-corrected chi connectivity index (χ1v) is 11.3. The molecule has 0 unspecified atom stereocenters. The van der Waals surface area contributed by atoms with Crippen LogP contribution < -0.4 is 10.6 Å². The van der Waals surface area contributed by atoms with E-state index in [-0.39, 0.29) is 11.4 Å². The van der Waals surface area contributed by atoms with Crippen molar-refractivity contribution in [3.05, 3.63) is 65.2 Å². The number of halogens is 2. The second-order valence-electron chi connectivity index (χ2n) is 7.29. The van der Waals surface area contributed by atoms with Crippen LogP contribution in [0, 0.1) is 11.6 Å². The first-order valence-electron chi connectivity index (χ1n) is 9.86. The van der Waals surface area contributed by atoms with Crippen LogP contribution in [0.2, 0.25) is 0 Å². The van der Waals surface area contributed by atoms with Crippen molar-refractivity contribution in [3.8, 4) is 0 Å². The van der Waals surface area contributed by atoms with Gasteiger partial charge in [0, 0.05) is 19.6 Å². The number of carbonyl (C=O) groups excluding carboxylic acids is 1. The van der Waals surface area contributed by atoms with Gasteiger partial charge in [-0.15, -0.1) is 0 Å². The van der Waals surface area contributed by atoms with Crippen LogP contribution >= 0.6 is 0 Å². The number of rotatable bonds is 6. The summed E-state index contributed by atoms with van der Waals surface area (Å²) in [6.07, 6.45) is 2.69. The van der Waals surface area contributed by atoms with Crippen molar-refractivity contribution in [1.29, 1.82) is 0 Å². The highest BCUT2D eigenvalue weighted by molar-refractivity contribution is 7.89. The number of benzene rings is 2. The maximum Gasteiger partial charge on any atom is 0.315 e. The number of piperidine rings is 1. The molecule has 30 heavy (non-hydrogen) atoms. The first kappa shape index (κ1) is 22.2. The molecule has 162 valence electrons. The fourth-order valence-electron chi connectivity index (χ4n) is 3.43. The van der Waals surface area contributed by atoms with E-state index < -0.39 is 33.7 Å². The number of sulfonamides is 1. The van der Waals surface area contributed by atoms with E-state index >= 15 is 0 Å². The Balaban J connectivity index is 1.65. The van der Waals surface area contributed by atoms with E-state index in [1.54, 1.807) is 31.2 Å². The molecule has 0 aliphatic carbocycles. The van der Waals surface area contributed by atoms with Crippen molar-refractivity contribution >= 4 is 16.1 Å². The van der Waals surface area contributed by atoms with Crippen molar-refractivity contribution in [2.75, 3.05) is 13.1 Å². The molecule has 1 heterocycles. The second kappa shape index (κ2) is 9.53.